The van der Waals surface area contributed by atoms with E-state index < -0.39 is 5.97 Å². The first-order valence-electron chi connectivity index (χ1n) is 10.4. The van der Waals surface area contributed by atoms with Gasteiger partial charge in [-0.25, -0.2) is 4.79 Å². The van der Waals surface area contributed by atoms with Gasteiger partial charge in [0.05, 0.1) is 18.8 Å². The number of aliphatic carboxylic acids is 1. The zero-order chi connectivity index (χ0) is 22.5. The second kappa shape index (κ2) is 9.35. The molecule has 0 radical (unpaired) electrons. The van der Waals surface area contributed by atoms with Crippen LogP contribution in [0.5, 0.6) is 5.75 Å². The van der Waals surface area contributed by atoms with Crippen LogP contribution in [-0.2, 0) is 4.79 Å². The average Bonchev–Trinajstić information content (AvgIpc) is 3.29. The van der Waals surface area contributed by atoms with Gasteiger partial charge in [-0.3, -0.25) is 5.10 Å². The monoisotopic (exact) mass is 424 g/mol. The lowest BCUT2D eigenvalue weighted by molar-refractivity contribution is -0.131. The summed E-state index contributed by atoms with van der Waals surface area (Å²) in [5.41, 5.74) is 7.17. The lowest BCUT2D eigenvalue weighted by Gasteiger charge is -2.19. The fraction of sp³-hybridized carbons (Fsp3) is 0.111. The number of methoxy groups -OCH3 is 1. The Morgan fingerprint density at radius 3 is 2.59 bits per heavy atom. The van der Waals surface area contributed by atoms with Gasteiger partial charge in [-0.15, -0.1) is 0 Å². The number of fused-ring (bicyclic) bond motifs is 1. The molecule has 0 spiro atoms. The molecule has 160 valence electrons. The number of carboxylic acid groups (broad SMARTS) is 1. The second-order valence-electron chi connectivity index (χ2n) is 7.38. The molecule has 0 amide bonds. The van der Waals surface area contributed by atoms with E-state index in [0.717, 1.165) is 51.2 Å². The smallest absolute Gasteiger partial charge is 0.328 e. The Kier molecular flexibility index (Phi) is 6.17. The molecule has 1 aromatic heterocycles. The van der Waals surface area contributed by atoms with Crippen molar-refractivity contribution in [2.24, 2.45) is 0 Å². The molecule has 0 saturated heterocycles. The van der Waals surface area contributed by atoms with Crippen LogP contribution in [0, 0.1) is 0 Å². The summed E-state index contributed by atoms with van der Waals surface area (Å²) in [7, 11) is 1.63. The number of allylic oxidation sites excluding steroid dienone is 1. The van der Waals surface area contributed by atoms with E-state index in [1.807, 2.05) is 48.7 Å². The minimum atomic E-state index is -0.987. The van der Waals surface area contributed by atoms with Crippen molar-refractivity contribution in [2.75, 3.05) is 7.11 Å². The molecule has 2 N–H and O–H groups in total. The predicted octanol–water partition coefficient (Wildman–Crippen LogP) is 6.04. The van der Waals surface area contributed by atoms with Crippen LogP contribution in [0.2, 0.25) is 0 Å². The Labute approximate surface area is 186 Å². The molecule has 4 aromatic rings. The van der Waals surface area contributed by atoms with Gasteiger partial charge in [0.15, 0.2) is 0 Å². The molecular formula is C27H24N2O3. The summed E-state index contributed by atoms with van der Waals surface area (Å²) in [4.78, 5) is 10.9. The minimum absolute atomic E-state index is 0.682. The molecule has 0 atom stereocenters. The van der Waals surface area contributed by atoms with Crippen molar-refractivity contribution < 1.29 is 14.6 Å². The quantitative estimate of drug-likeness (QED) is 0.280. The molecule has 1 heterocycles. The van der Waals surface area contributed by atoms with Crippen molar-refractivity contribution in [3.8, 4) is 5.75 Å². The topological polar surface area (TPSA) is 75.2 Å². The van der Waals surface area contributed by atoms with Gasteiger partial charge in [0, 0.05) is 17.0 Å². The minimum Gasteiger partial charge on any atom is -0.496 e. The summed E-state index contributed by atoms with van der Waals surface area (Å²) in [6, 6.07) is 22.3. The number of carbonyl (C=O) groups is 1. The number of H-pyrrole nitrogens is 1. The molecule has 0 bridgehead atoms. The van der Waals surface area contributed by atoms with Crippen LogP contribution in [0.4, 0.5) is 0 Å². The Morgan fingerprint density at radius 1 is 1.06 bits per heavy atom. The summed E-state index contributed by atoms with van der Waals surface area (Å²) >= 11 is 0. The maximum Gasteiger partial charge on any atom is 0.328 e. The fourth-order valence-electron chi connectivity index (χ4n) is 3.94. The van der Waals surface area contributed by atoms with E-state index in [1.54, 1.807) is 13.2 Å². The first-order chi connectivity index (χ1) is 15.6. The molecule has 0 saturated carbocycles. The van der Waals surface area contributed by atoms with E-state index in [-0.39, 0.29) is 0 Å². The van der Waals surface area contributed by atoms with Gasteiger partial charge in [-0.2, -0.15) is 5.10 Å². The standard InChI is InChI=1S/C27H24N2O3/c1-3-22(19-7-5-4-6-8-19)27(20-11-13-24-21(16-20)17-28-29-24)23-12-9-18(10-14-26(30)31)15-25(23)32-2/h4-17H,3H2,1-2H3,(H,28,29)(H,30,31). The van der Waals surface area contributed by atoms with Gasteiger partial charge in [0.1, 0.15) is 5.75 Å². The molecule has 0 unspecified atom stereocenters. The number of aromatic amines is 1. The number of ether oxygens (including phenoxy) is 1. The molecule has 0 aliphatic heterocycles. The molecule has 0 fully saturated rings. The lowest BCUT2D eigenvalue weighted by atomic mass is 9.87. The SMILES string of the molecule is CCC(=C(c1ccc2[nH]ncc2c1)c1ccc(C=CC(=O)O)cc1OC)c1ccccc1. The highest BCUT2D eigenvalue weighted by Crippen LogP contribution is 2.39. The summed E-state index contributed by atoms with van der Waals surface area (Å²) in [5.74, 6) is -0.305. The van der Waals surface area contributed by atoms with Crippen molar-refractivity contribution in [2.45, 2.75) is 13.3 Å². The molecule has 4 rings (SSSR count). The fourth-order valence-corrected chi connectivity index (χ4v) is 3.94. The number of aromatic nitrogens is 2. The molecule has 5 nitrogen and oxygen atoms in total. The van der Waals surface area contributed by atoms with Gasteiger partial charge in [-0.05, 0) is 58.5 Å². The maximum absolute atomic E-state index is 10.9. The van der Waals surface area contributed by atoms with Gasteiger partial charge in [0.2, 0.25) is 0 Å². The van der Waals surface area contributed by atoms with Crippen LogP contribution in [0.3, 0.4) is 0 Å². The van der Waals surface area contributed by atoms with E-state index in [4.69, 9.17) is 9.84 Å². The van der Waals surface area contributed by atoms with E-state index in [2.05, 4.69) is 41.4 Å². The van der Waals surface area contributed by atoms with Crippen LogP contribution in [0.25, 0.3) is 28.1 Å². The van der Waals surface area contributed by atoms with Gasteiger partial charge in [0.25, 0.3) is 0 Å². The maximum atomic E-state index is 10.9. The third kappa shape index (κ3) is 4.32. The molecule has 0 aliphatic rings. The number of nitrogens with one attached hydrogen (secondary N) is 1. The zero-order valence-corrected chi connectivity index (χ0v) is 18.0. The van der Waals surface area contributed by atoms with Gasteiger partial charge < -0.3 is 9.84 Å². The third-order valence-electron chi connectivity index (χ3n) is 5.42. The molecule has 5 heteroatoms. The normalized spacial score (nSPS) is 12.2. The predicted molar refractivity (Wildman–Crippen MR) is 128 cm³/mol. The number of rotatable bonds is 7. The summed E-state index contributed by atoms with van der Waals surface area (Å²) in [5, 5.41) is 17.2. The zero-order valence-electron chi connectivity index (χ0n) is 18.0. The van der Waals surface area contributed by atoms with E-state index in [0.29, 0.717) is 5.75 Å². The van der Waals surface area contributed by atoms with Crippen LogP contribution in [0.1, 0.15) is 35.6 Å². The van der Waals surface area contributed by atoms with Crippen LogP contribution < -0.4 is 4.74 Å². The van der Waals surface area contributed by atoms with E-state index >= 15 is 0 Å². The second-order valence-corrected chi connectivity index (χ2v) is 7.38. The summed E-state index contributed by atoms with van der Waals surface area (Å²) in [6.45, 7) is 2.15. The first-order valence-corrected chi connectivity index (χ1v) is 10.4. The van der Waals surface area contributed by atoms with Crippen molar-refractivity contribution in [3.05, 3.63) is 101 Å². The number of hydrogen-bond acceptors (Lipinski definition) is 3. The summed E-state index contributed by atoms with van der Waals surface area (Å²) < 4.78 is 5.76. The van der Waals surface area contributed by atoms with Crippen molar-refractivity contribution in [1.82, 2.24) is 10.2 Å². The van der Waals surface area contributed by atoms with Crippen LogP contribution in [-0.4, -0.2) is 28.4 Å². The Bertz CT molecular complexity index is 1320. The van der Waals surface area contributed by atoms with E-state index in [9.17, 15) is 4.79 Å². The Balaban J connectivity index is 1.97. The van der Waals surface area contributed by atoms with Crippen LogP contribution >= 0.6 is 0 Å². The Hall–Kier alpha value is -4.12. The van der Waals surface area contributed by atoms with Crippen molar-refractivity contribution in [3.63, 3.8) is 0 Å². The number of nitrogens with zero attached hydrogens (tertiary/aromatic N) is 1. The highest BCUT2D eigenvalue weighted by atomic mass is 16.5. The number of benzene rings is 3. The number of hydrogen-bond donors (Lipinski definition) is 2. The molecule has 0 aliphatic carbocycles. The van der Waals surface area contributed by atoms with Crippen molar-refractivity contribution >= 4 is 34.1 Å². The summed E-state index contributed by atoms with van der Waals surface area (Å²) in [6.07, 6.45) is 5.33. The first kappa shape index (κ1) is 21.1. The lowest BCUT2D eigenvalue weighted by Crippen LogP contribution is -1.99. The molecular weight excluding hydrogens is 400 g/mol. The number of carboxylic acids is 1. The van der Waals surface area contributed by atoms with Gasteiger partial charge in [-0.1, -0.05) is 55.5 Å². The third-order valence-corrected chi connectivity index (χ3v) is 5.42. The molecule has 32 heavy (non-hydrogen) atoms. The Morgan fingerprint density at radius 2 is 1.88 bits per heavy atom. The van der Waals surface area contributed by atoms with Crippen LogP contribution in [0.15, 0.2) is 79.0 Å². The highest BCUT2D eigenvalue weighted by Gasteiger charge is 2.17. The van der Waals surface area contributed by atoms with Gasteiger partial charge >= 0.3 is 5.97 Å². The largest absolute Gasteiger partial charge is 0.496 e. The van der Waals surface area contributed by atoms with E-state index in [1.165, 1.54) is 5.57 Å². The molecule has 3 aromatic carbocycles. The average molecular weight is 425 g/mol. The highest BCUT2D eigenvalue weighted by molar-refractivity contribution is 6.01. The van der Waals surface area contributed by atoms with Crippen molar-refractivity contribution in [1.29, 1.82) is 0 Å².